The van der Waals surface area contributed by atoms with Crippen molar-refractivity contribution in [1.82, 2.24) is 0 Å². The van der Waals surface area contributed by atoms with Gasteiger partial charge in [0.05, 0.1) is 24.4 Å². The SMILES string of the molecule is CCCCCCCCCCCCCCCCOC(=O)c1ccc(Cl)c(C2OC(C)CC(CC)O2)c1. The van der Waals surface area contributed by atoms with Gasteiger partial charge in [0.15, 0.2) is 6.29 Å². The van der Waals surface area contributed by atoms with Crippen molar-refractivity contribution in [1.29, 1.82) is 0 Å². The van der Waals surface area contributed by atoms with Crippen LogP contribution in [-0.4, -0.2) is 24.8 Å². The van der Waals surface area contributed by atoms with Crippen LogP contribution in [0, 0.1) is 0 Å². The maximum atomic E-state index is 12.6. The minimum Gasteiger partial charge on any atom is -0.462 e. The first-order valence-electron chi connectivity index (χ1n) is 14.3. The Hall–Kier alpha value is -1.10. The third-order valence-electron chi connectivity index (χ3n) is 6.94. The van der Waals surface area contributed by atoms with Crippen LogP contribution in [0.2, 0.25) is 5.02 Å². The van der Waals surface area contributed by atoms with Crippen LogP contribution in [-0.2, 0) is 14.2 Å². The van der Waals surface area contributed by atoms with E-state index >= 15 is 0 Å². The summed E-state index contributed by atoms with van der Waals surface area (Å²) in [4.78, 5) is 12.6. The molecule has 0 aromatic heterocycles. The van der Waals surface area contributed by atoms with Crippen molar-refractivity contribution in [3.63, 3.8) is 0 Å². The van der Waals surface area contributed by atoms with E-state index in [1.165, 1.54) is 77.0 Å². The Labute approximate surface area is 219 Å². The largest absolute Gasteiger partial charge is 0.462 e. The molecule has 4 nitrogen and oxygen atoms in total. The Kier molecular flexibility index (Phi) is 15.7. The summed E-state index contributed by atoms with van der Waals surface area (Å²) in [5, 5.41) is 0.544. The Balaban J connectivity index is 1.56. The van der Waals surface area contributed by atoms with Gasteiger partial charge in [0.25, 0.3) is 0 Å². The molecule has 2 rings (SSSR count). The average molecular weight is 509 g/mol. The Bertz CT molecular complexity index is 708. The van der Waals surface area contributed by atoms with Gasteiger partial charge in [0.2, 0.25) is 0 Å². The van der Waals surface area contributed by atoms with Crippen molar-refractivity contribution < 1.29 is 19.0 Å². The highest BCUT2D eigenvalue weighted by Crippen LogP contribution is 2.35. The molecule has 5 heteroatoms. The monoisotopic (exact) mass is 508 g/mol. The Morgan fingerprint density at radius 3 is 2.03 bits per heavy atom. The molecule has 0 N–H and O–H groups in total. The molecule has 1 fully saturated rings. The summed E-state index contributed by atoms with van der Waals surface area (Å²) >= 11 is 6.41. The first kappa shape index (κ1) is 30.1. The summed E-state index contributed by atoms with van der Waals surface area (Å²) in [6.07, 6.45) is 19.8. The molecule has 1 aliphatic heterocycles. The fraction of sp³-hybridized carbons (Fsp3) is 0.767. The van der Waals surface area contributed by atoms with Gasteiger partial charge in [-0.3, -0.25) is 0 Å². The fourth-order valence-electron chi connectivity index (χ4n) is 4.70. The first-order chi connectivity index (χ1) is 17.0. The number of carbonyl (C=O) groups is 1. The smallest absolute Gasteiger partial charge is 0.338 e. The molecule has 1 heterocycles. The summed E-state index contributed by atoms with van der Waals surface area (Å²) in [6, 6.07) is 5.20. The lowest BCUT2D eigenvalue weighted by molar-refractivity contribution is -0.243. The maximum Gasteiger partial charge on any atom is 0.338 e. The van der Waals surface area contributed by atoms with E-state index in [-0.39, 0.29) is 18.2 Å². The lowest BCUT2D eigenvalue weighted by Crippen LogP contribution is -2.32. The number of hydrogen-bond donors (Lipinski definition) is 0. The zero-order valence-corrected chi connectivity index (χ0v) is 23.3. The van der Waals surface area contributed by atoms with E-state index in [0.717, 1.165) is 25.7 Å². The second kappa shape index (κ2) is 18.2. The van der Waals surface area contributed by atoms with Gasteiger partial charge in [0.1, 0.15) is 0 Å². The third-order valence-corrected chi connectivity index (χ3v) is 7.28. The molecule has 35 heavy (non-hydrogen) atoms. The molecule has 1 aromatic rings. The highest BCUT2D eigenvalue weighted by Gasteiger charge is 2.29. The van der Waals surface area contributed by atoms with E-state index < -0.39 is 6.29 Å². The predicted octanol–water partition coefficient (Wildman–Crippen LogP) is 9.58. The molecule has 1 aromatic carbocycles. The standard InChI is InChI=1S/C30H49ClO4/c1-4-6-7-8-9-10-11-12-13-14-15-16-17-18-21-33-29(32)25-19-20-28(31)27(23-25)30-34-24(3)22-26(5-2)35-30/h19-20,23-24,26,30H,4-18,21-22H2,1-3H3. The Morgan fingerprint density at radius 1 is 0.886 bits per heavy atom. The molecule has 0 spiro atoms. The van der Waals surface area contributed by atoms with Crippen molar-refractivity contribution in [2.75, 3.05) is 6.61 Å². The van der Waals surface area contributed by atoms with Crippen LogP contribution in [0.4, 0.5) is 0 Å². The number of carbonyl (C=O) groups excluding carboxylic acids is 1. The van der Waals surface area contributed by atoms with E-state index in [0.29, 0.717) is 22.8 Å². The normalized spacial score (nSPS) is 20.2. The quantitative estimate of drug-likeness (QED) is 0.146. The summed E-state index contributed by atoms with van der Waals surface area (Å²) < 4.78 is 17.5. The molecular formula is C30H49ClO4. The molecule has 3 atom stereocenters. The number of halogens is 1. The summed E-state index contributed by atoms with van der Waals surface area (Å²) in [7, 11) is 0. The zero-order valence-electron chi connectivity index (χ0n) is 22.5. The molecule has 3 unspecified atom stereocenters. The fourth-order valence-corrected chi connectivity index (χ4v) is 4.91. The van der Waals surface area contributed by atoms with E-state index in [2.05, 4.69) is 13.8 Å². The third kappa shape index (κ3) is 12.1. The van der Waals surface area contributed by atoms with Crippen LogP contribution >= 0.6 is 11.6 Å². The van der Waals surface area contributed by atoms with Gasteiger partial charge in [-0.1, -0.05) is 109 Å². The maximum absolute atomic E-state index is 12.6. The van der Waals surface area contributed by atoms with Crippen molar-refractivity contribution in [2.45, 2.75) is 142 Å². The first-order valence-corrected chi connectivity index (χ1v) is 14.7. The van der Waals surface area contributed by atoms with Crippen molar-refractivity contribution in [2.24, 2.45) is 0 Å². The summed E-state index contributed by atoms with van der Waals surface area (Å²) in [6.45, 7) is 6.88. The van der Waals surface area contributed by atoms with Gasteiger partial charge in [-0.05, 0) is 44.4 Å². The van der Waals surface area contributed by atoms with Gasteiger partial charge in [-0.2, -0.15) is 0 Å². The molecule has 0 bridgehead atoms. The van der Waals surface area contributed by atoms with Gasteiger partial charge in [-0.25, -0.2) is 4.79 Å². The molecule has 0 radical (unpaired) electrons. The van der Waals surface area contributed by atoms with Gasteiger partial charge in [-0.15, -0.1) is 0 Å². The van der Waals surface area contributed by atoms with Crippen LogP contribution in [0.5, 0.6) is 0 Å². The zero-order chi connectivity index (χ0) is 25.3. The van der Waals surface area contributed by atoms with Crippen LogP contribution in [0.25, 0.3) is 0 Å². The van der Waals surface area contributed by atoms with E-state index in [1.54, 1.807) is 18.2 Å². The molecule has 200 valence electrons. The number of ether oxygens (including phenoxy) is 3. The van der Waals surface area contributed by atoms with Crippen LogP contribution in [0.15, 0.2) is 18.2 Å². The van der Waals surface area contributed by atoms with Crippen molar-refractivity contribution in [3.05, 3.63) is 34.3 Å². The lowest BCUT2D eigenvalue weighted by Gasteiger charge is -2.34. The van der Waals surface area contributed by atoms with Crippen LogP contribution < -0.4 is 0 Å². The second-order valence-corrected chi connectivity index (χ2v) is 10.6. The molecule has 1 aliphatic rings. The van der Waals surface area contributed by atoms with E-state index in [9.17, 15) is 4.79 Å². The molecular weight excluding hydrogens is 460 g/mol. The highest BCUT2D eigenvalue weighted by atomic mass is 35.5. The van der Waals surface area contributed by atoms with Gasteiger partial charge in [0, 0.05) is 10.6 Å². The molecule has 0 amide bonds. The summed E-state index contributed by atoms with van der Waals surface area (Å²) in [5.41, 5.74) is 1.19. The topological polar surface area (TPSA) is 44.8 Å². The van der Waals surface area contributed by atoms with Crippen molar-refractivity contribution >= 4 is 17.6 Å². The number of unbranched alkanes of at least 4 members (excludes halogenated alkanes) is 13. The van der Waals surface area contributed by atoms with Crippen molar-refractivity contribution in [3.8, 4) is 0 Å². The van der Waals surface area contributed by atoms with Crippen LogP contribution in [0.3, 0.4) is 0 Å². The minimum absolute atomic E-state index is 0.0886. The predicted molar refractivity (Wildman–Crippen MR) is 145 cm³/mol. The minimum atomic E-state index is -0.547. The Morgan fingerprint density at radius 2 is 1.46 bits per heavy atom. The number of rotatable bonds is 18. The highest BCUT2D eigenvalue weighted by molar-refractivity contribution is 6.31. The molecule has 0 aliphatic carbocycles. The van der Waals surface area contributed by atoms with Gasteiger partial charge >= 0.3 is 5.97 Å². The summed E-state index contributed by atoms with van der Waals surface area (Å²) in [5.74, 6) is -0.312. The lowest BCUT2D eigenvalue weighted by atomic mass is 10.0. The van der Waals surface area contributed by atoms with Crippen LogP contribution in [0.1, 0.15) is 146 Å². The molecule has 1 saturated heterocycles. The van der Waals surface area contributed by atoms with E-state index in [4.69, 9.17) is 25.8 Å². The number of esters is 1. The molecule has 0 saturated carbocycles. The number of hydrogen-bond acceptors (Lipinski definition) is 4. The van der Waals surface area contributed by atoms with E-state index in [1.807, 2.05) is 6.92 Å². The average Bonchev–Trinajstić information content (AvgIpc) is 2.86. The second-order valence-electron chi connectivity index (χ2n) is 10.1. The number of benzene rings is 1. The van der Waals surface area contributed by atoms with Gasteiger partial charge < -0.3 is 14.2 Å².